The van der Waals surface area contributed by atoms with Gasteiger partial charge in [0.25, 0.3) is 0 Å². The van der Waals surface area contributed by atoms with Crippen molar-refractivity contribution in [3.05, 3.63) is 65.4 Å². The van der Waals surface area contributed by atoms with E-state index in [2.05, 4.69) is 15.5 Å². The molecule has 1 unspecified atom stereocenters. The van der Waals surface area contributed by atoms with Crippen molar-refractivity contribution in [3.63, 3.8) is 0 Å². The molecule has 0 bridgehead atoms. The second-order valence-corrected chi connectivity index (χ2v) is 5.17. The van der Waals surface area contributed by atoms with Crippen LogP contribution >= 0.6 is 0 Å². The minimum Gasteiger partial charge on any atom is -0.303 e. The molecule has 0 radical (unpaired) electrons. The molecule has 1 N–H and O–H groups in total. The fraction of sp³-hybridized carbons (Fsp3) is 0.250. The van der Waals surface area contributed by atoms with Crippen LogP contribution in [0.3, 0.4) is 0 Å². The normalized spacial score (nSPS) is 12.7. The van der Waals surface area contributed by atoms with E-state index >= 15 is 0 Å². The summed E-state index contributed by atoms with van der Waals surface area (Å²) in [4.78, 5) is 0. The van der Waals surface area contributed by atoms with E-state index in [-0.39, 0.29) is 11.9 Å². The molecule has 0 aliphatic rings. The third kappa shape index (κ3) is 2.78. The predicted octanol–water partition coefficient (Wildman–Crippen LogP) is 3.03. The van der Waals surface area contributed by atoms with Crippen molar-refractivity contribution in [3.8, 4) is 0 Å². The van der Waals surface area contributed by atoms with Crippen LogP contribution in [-0.4, -0.2) is 14.6 Å². The first-order valence-corrected chi connectivity index (χ1v) is 6.93. The van der Waals surface area contributed by atoms with Gasteiger partial charge < -0.3 is 5.32 Å². The second-order valence-electron chi connectivity index (χ2n) is 5.17. The van der Waals surface area contributed by atoms with Gasteiger partial charge in [-0.05, 0) is 43.2 Å². The first-order valence-electron chi connectivity index (χ1n) is 6.93. The highest BCUT2D eigenvalue weighted by molar-refractivity contribution is 5.37. The molecule has 4 nitrogen and oxygen atoms in total. The lowest BCUT2D eigenvalue weighted by atomic mass is 10.1. The predicted molar refractivity (Wildman–Crippen MR) is 79.4 cm³/mol. The van der Waals surface area contributed by atoms with E-state index in [1.165, 1.54) is 6.07 Å². The van der Waals surface area contributed by atoms with Crippen LogP contribution in [0.2, 0.25) is 0 Å². The maximum Gasteiger partial charge on any atom is 0.160 e. The Bertz CT molecular complexity index is 766. The molecular formula is C16H17FN4. The summed E-state index contributed by atoms with van der Waals surface area (Å²) in [5, 5.41) is 11.8. The fourth-order valence-electron chi connectivity index (χ4n) is 2.33. The summed E-state index contributed by atoms with van der Waals surface area (Å²) in [7, 11) is 0. The largest absolute Gasteiger partial charge is 0.303 e. The number of rotatable bonds is 4. The summed E-state index contributed by atoms with van der Waals surface area (Å²) >= 11 is 0. The van der Waals surface area contributed by atoms with Gasteiger partial charge in [0.15, 0.2) is 11.5 Å². The maximum absolute atomic E-state index is 13.3. The second kappa shape index (κ2) is 5.61. The number of halogens is 1. The first-order chi connectivity index (χ1) is 10.1. The minimum atomic E-state index is -0.171. The number of fused-ring (bicyclic) bond motifs is 1. The van der Waals surface area contributed by atoms with Gasteiger partial charge in [-0.15, -0.1) is 10.2 Å². The van der Waals surface area contributed by atoms with Crippen molar-refractivity contribution >= 4 is 5.65 Å². The lowest BCUT2D eigenvalue weighted by molar-refractivity contribution is 0.540. The molecule has 0 aliphatic heterocycles. The lowest BCUT2D eigenvalue weighted by Crippen LogP contribution is -2.20. The van der Waals surface area contributed by atoms with E-state index in [9.17, 15) is 4.39 Å². The van der Waals surface area contributed by atoms with Crippen molar-refractivity contribution in [2.75, 3.05) is 0 Å². The Hall–Kier alpha value is -2.27. The highest BCUT2D eigenvalue weighted by atomic mass is 19.1. The first kappa shape index (κ1) is 13.7. The number of pyridine rings is 1. The van der Waals surface area contributed by atoms with Gasteiger partial charge in [0, 0.05) is 12.7 Å². The highest BCUT2D eigenvalue weighted by Gasteiger charge is 2.12. The summed E-state index contributed by atoms with van der Waals surface area (Å²) in [6.07, 6.45) is 1.95. The van der Waals surface area contributed by atoms with Crippen LogP contribution in [0.5, 0.6) is 0 Å². The fourth-order valence-corrected chi connectivity index (χ4v) is 2.33. The zero-order chi connectivity index (χ0) is 14.8. The Balaban J connectivity index is 1.74. The maximum atomic E-state index is 13.3. The lowest BCUT2D eigenvalue weighted by Gasteiger charge is -2.12. The number of hydrogen-bond acceptors (Lipinski definition) is 3. The van der Waals surface area contributed by atoms with E-state index in [0.29, 0.717) is 12.1 Å². The monoisotopic (exact) mass is 284 g/mol. The van der Waals surface area contributed by atoms with Gasteiger partial charge in [-0.3, -0.25) is 4.40 Å². The third-order valence-electron chi connectivity index (χ3n) is 3.56. The number of aromatic nitrogens is 3. The van der Waals surface area contributed by atoms with Crippen molar-refractivity contribution < 1.29 is 4.39 Å². The Labute approximate surface area is 122 Å². The molecule has 0 saturated heterocycles. The molecule has 0 amide bonds. The Kier molecular flexibility index (Phi) is 3.66. The zero-order valence-corrected chi connectivity index (χ0v) is 12.0. The van der Waals surface area contributed by atoms with Gasteiger partial charge in [-0.2, -0.15) is 0 Å². The molecule has 2 heterocycles. The molecule has 0 aliphatic carbocycles. The summed E-state index contributed by atoms with van der Waals surface area (Å²) in [5.74, 6) is 0.694. The van der Waals surface area contributed by atoms with Gasteiger partial charge in [-0.1, -0.05) is 18.2 Å². The van der Waals surface area contributed by atoms with Crippen LogP contribution in [0.15, 0.2) is 42.6 Å². The number of benzene rings is 1. The summed E-state index contributed by atoms with van der Waals surface area (Å²) in [6.45, 7) is 4.47. The van der Waals surface area contributed by atoms with Crippen LogP contribution in [0.25, 0.3) is 5.65 Å². The quantitative estimate of drug-likeness (QED) is 0.800. The van der Waals surface area contributed by atoms with E-state index in [4.69, 9.17) is 0 Å². The third-order valence-corrected chi connectivity index (χ3v) is 3.56. The van der Waals surface area contributed by atoms with Crippen LogP contribution < -0.4 is 5.32 Å². The van der Waals surface area contributed by atoms with Gasteiger partial charge >= 0.3 is 0 Å². The van der Waals surface area contributed by atoms with Crippen molar-refractivity contribution in [2.45, 2.75) is 26.4 Å². The minimum absolute atomic E-state index is 0.0489. The van der Waals surface area contributed by atoms with Gasteiger partial charge in [-0.25, -0.2) is 4.39 Å². The molecule has 5 heteroatoms. The van der Waals surface area contributed by atoms with E-state index in [1.807, 2.05) is 41.8 Å². The average molecular weight is 284 g/mol. The van der Waals surface area contributed by atoms with Crippen molar-refractivity contribution in [1.29, 1.82) is 0 Å². The molecular weight excluding hydrogens is 267 g/mol. The molecule has 3 aromatic rings. The number of aryl methyl sites for hydroxylation is 1. The SMILES string of the molecule is Cc1cc(CNC(C)c2nnc3ccccn23)ccc1F. The average Bonchev–Trinajstić information content (AvgIpc) is 2.92. The number of nitrogens with one attached hydrogen (secondary N) is 1. The van der Waals surface area contributed by atoms with Crippen LogP contribution in [-0.2, 0) is 6.54 Å². The van der Waals surface area contributed by atoms with Crippen LogP contribution in [0.4, 0.5) is 4.39 Å². The van der Waals surface area contributed by atoms with Gasteiger partial charge in [0.05, 0.1) is 6.04 Å². The smallest absolute Gasteiger partial charge is 0.160 e. The molecule has 0 fully saturated rings. The van der Waals surface area contributed by atoms with E-state index in [0.717, 1.165) is 17.0 Å². The van der Waals surface area contributed by atoms with Crippen LogP contribution in [0.1, 0.15) is 29.9 Å². The Morgan fingerprint density at radius 2 is 2.10 bits per heavy atom. The molecule has 0 saturated carbocycles. The standard InChI is InChI=1S/C16H17FN4/c1-11-9-13(6-7-14(11)17)10-18-12(2)16-20-19-15-5-3-4-8-21(15)16/h3-9,12,18H,10H2,1-2H3. The number of nitrogens with zero attached hydrogens (tertiary/aromatic N) is 3. The van der Waals surface area contributed by atoms with Gasteiger partial charge in [0.2, 0.25) is 0 Å². The van der Waals surface area contributed by atoms with Crippen LogP contribution in [0, 0.1) is 12.7 Å². The molecule has 2 aromatic heterocycles. The van der Waals surface area contributed by atoms with E-state index < -0.39 is 0 Å². The zero-order valence-electron chi connectivity index (χ0n) is 12.0. The summed E-state index contributed by atoms with van der Waals surface area (Å²) < 4.78 is 15.2. The number of hydrogen-bond donors (Lipinski definition) is 1. The van der Waals surface area contributed by atoms with Gasteiger partial charge in [0.1, 0.15) is 5.82 Å². The highest BCUT2D eigenvalue weighted by Crippen LogP contribution is 2.14. The molecule has 1 aromatic carbocycles. The molecule has 3 rings (SSSR count). The molecule has 108 valence electrons. The topological polar surface area (TPSA) is 42.2 Å². The Morgan fingerprint density at radius 3 is 2.90 bits per heavy atom. The van der Waals surface area contributed by atoms with E-state index in [1.54, 1.807) is 13.0 Å². The molecule has 1 atom stereocenters. The molecule has 21 heavy (non-hydrogen) atoms. The van der Waals surface area contributed by atoms with Crippen molar-refractivity contribution in [2.24, 2.45) is 0 Å². The molecule has 0 spiro atoms. The summed E-state index contributed by atoms with van der Waals surface area (Å²) in [6, 6.07) is 11.0. The Morgan fingerprint density at radius 1 is 1.24 bits per heavy atom. The van der Waals surface area contributed by atoms with Crippen molar-refractivity contribution in [1.82, 2.24) is 19.9 Å². The summed E-state index contributed by atoms with van der Waals surface area (Å²) in [5.41, 5.74) is 2.54.